The van der Waals surface area contributed by atoms with E-state index in [-0.39, 0.29) is 0 Å². The summed E-state index contributed by atoms with van der Waals surface area (Å²) in [6.45, 7) is 3.33. The number of methoxy groups -OCH3 is 1. The molecule has 0 aliphatic rings. The Morgan fingerprint density at radius 3 is 2.64 bits per heavy atom. The Balaban J connectivity index is 1.88. The summed E-state index contributed by atoms with van der Waals surface area (Å²) < 4.78 is 4.57. The van der Waals surface area contributed by atoms with Crippen LogP contribution in [0.4, 0.5) is 10.5 Å². The molecule has 0 saturated heterocycles. The molecule has 2 N–H and O–H groups in total. The summed E-state index contributed by atoms with van der Waals surface area (Å²) in [5.41, 5.74) is 2.80. The zero-order chi connectivity index (χ0) is 18.2. The molecule has 0 spiro atoms. The lowest BCUT2D eigenvalue weighted by Crippen LogP contribution is -2.38. The number of rotatable bonds is 5. The van der Waals surface area contributed by atoms with Gasteiger partial charge < -0.3 is 15.0 Å². The van der Waals surface area contributed by atoms with Crippen molar-refractivity contribution in [2.75, 3.05) is 26.5 Å². The van der Waals surface area contributed by atoms with Gasteiger partial charge in [-0.05, 0) is 24.6 Å². The molecule has 1 aromatic heterocycles. The van der Waals surface area contributed by atoms with E-state index in [0.717, 1.165) is 22.2 Å². The molecular formula is C17H23N5O2S. The van der Waals surface area contributed by atoms with Gasteiger partial charge >= 0.3 is 6.09 Å². The van der Waals surface area contributed by atoms with Crippen LogP contribution in [-0.4, -0.2) is 43.1 Å². The molecule has 0 atom stereocenters. The first kappa shape index (κ1) is 18.7. The van der Waals surface area contributed by atoms with Crippen LogP contribution in [-0.2, 0) is 17.8 Å². The van der Waals surface area contributed by atoms with Crippen molar-refractivity contribution in [1.29, 1.82) is 0 Å². The molecule has 1 heterocycles. The molecule has 0 bridgehead atoms. The Kier molecular flexibility index (Phi) is 6.76. The van der Waals surface area contributed by atoms with Crippen molar-refractivity contribution in [3.63, 3.8) is 0 Å². The second-order valence-electron chi connectivity index (χ2n) is 5.43. The maximum Gasteiger partial charge on any atom is 0.411 e. The van der Waals surface area contributed by atoms with Gasteiger partial charge in [0.15, 0.2) is 5.96 Å². The third-order valence-electron chi connectivity index (χ3n) is 3.48. The van der Waals surface area contributed by atoms with Crippen LogP contribution < -0.4 is 10.6 Å². The molecule has 8 heteroatoms. The van der Waals surface area contributed by atoms with Crippen molar-refractivity contribution in [2.24, 2.45) is 4.99 Å². The average molecular weight is 361 g/mol. The maximum absolute atomic E-state index is 11.2. The van der Waals surface area contributed by atoms with Crippen molar-refractivity contribution >= 4 is 29.1 Å². The van der Waals surface area contributed by atoms with Crippen molar-refractivity contribution in [1.82, 2.24) is 15.2 Å². The molecule has 134 valence electrons. The van der Waals surface area contributed by atoms with Crippen LogP contribution in [0.15, 0.2) is 34.6 Å². The van der Waals surface area contributed by atoms with Crippen LogP contribution in [0.3, 0.4) is 0 Å². The molecule has 7 nitrogen and oxygen atoms in total. The Morgan fingerprint density at radius 2 is 2.08 bits per heavy atom. The Bertz CT molecular complexity index is 727. The summed E-state index contributed by atoms with van der Waals surface area (Å²) in [6.07, 6.45) is -0.481. The lowest BCUT2D eigenvalue weighted by molar-refractivity contribution is 0.187. The van der Waals surface area contributed by atoms with E-state index in [4.69, 9.17) is 0 Å². The number of benzene rings is 1. The summed E-state index contributed by atoms with van der Waals surface area (Å²) in [6, 6.07) is 7.54. The van der Waals surface area contributed by atoms with E-state index in [9.17, 15) is 4.79 Å². The molecule has 0 radical (unpaired) electrons. The number of aromatic nitrogens is 1. The number of aryl methyl sites for hydroxylation is 1. The molecule has 0 fully saturated rings. The van der Waals surface area contributed by atoms with Gasteiger partial charge in [0.1, 0.15) is 0 Å². The van der Waals surface area contributed by atoms with Crippen LogP contribution >= 0.6 is 11.3 Å². The summed E-state index contributed by atoms with van der Waals surface area (Å²) >= 11 is 1.65. The van der Waals surface area contributed by atoms with Gasteiger partial charge in [0.2, 0.25) is 0 Å². The predicted octanol–water partition coefficient (Wildman–Crippen LogP) is 2.84. The molecule has 0 aliphatic heterocycles. The number of hydrogen-bond acceptors (Lipinski definition) is 5. The van der Waals surface area contributed by atoms with E-state index >= 15 is 0 Å². The monoisotopic (exact) mass is 361 g/mol. The number of hydrogen-bond donors (Lipinski definition) is 2. The van der Waals surface area contributed by atoms with Crippen LogP contribution in [0, 0.1) is 6.92 Å². The first-order chi connectivity index (χ1) is 12.0. The number of nitrogens with one attached hydrogen (secondary N) is 2. The third-order valence-corrected chi connectivity index (χ3v) is 4.30. The minimum absolute atomic E-state index is 0.481. The molecule has 1 aromatic carbocycles. The number of guanidine groups is 1. The summed E-state index contributed by atoms with van der Waals surface area (Å²) in [5, 5.41) is 9.07. The summed E-state index contributed by atoms with van der Waals surface area (Å²) in [7, 11) is 5.07. The number of aliphatic imine (C=N–C) groups is 1. The highest BCUT2D eigenvalue weighted by molar-refractivity contribution is 7.09. The smallest absolute Gasteiger partial charge is 0.411 e. The number of carbonyl (C=O) groups excluding carboxylic acids is 1. The Labute approximate surface area is 151 Å². The molecule has 2 rings (SSSR count). The van der Waals surface area contributed by atoms with Gasteiger partial charge in [-0.2, -0.15) is 0 Å². The van der Waals surface area contributed by atoms with Crippen molar-refractivity contribution in [3.05, 3.63) is 45.9 Å². The van der Waals surface area contributed by atoms with Crippen LogP contribution in [0.25, 0.3) is 0 Å². The molecule has 2 aromatic rings. The van der Waals surface area contributed by atoms with Crippen molar-refractivity contribution in [2.45, 2.75) is 20.0 Å². The second kappa shape index (κ2) is 9.03. The maximum atomic E-state index is 11.2. The highest BCUT2D eigenvalue weighted by Crippen LogP contribution is 2.11. The van der Waals surface area contributed by atoms with Gasteiger partial charge in [0.25, 0.3) is 0 Å². The molecular weight excluding hydrogens is 338 g/mol. The second-order valence-corrected chi connectivity index (χ2v) is 6.49. The molecule has 0 unspecified atom stereocenters. The minimum atomic E-state index is -0.481. The molecule has 1 amide bonds. The SMILES string of the molecule is CN=C(NCc1ccc(NC(=O)OC)cc1)N(C)Cc1csc(C)n1. The zero-order valence-electron chi connectivity index (χ0n) is 14.9. The van der Waals surface area contributed by atoms with Crippen molar-refractivity contribution in [3.8, 4) is 0 Å². The van der Waals surface area contributed by atoms with E-state index in [1.165, 1.54) is 7.11 Å². The van der Waals surface area contributed by atoms with Crippen LogP contribution in [0.2, 0.25) is 0 Å². The minimum Gasteiger partial charge on any atom is -0.453 e. The topological polar surface area (TPSA) is 78.8 Å². The van der Waals surface area contributed by atoms with Crippen LogP contribution in [0.5, 0.6) is 0 Å². The number of thiazole rings is 1. The number of carbonyl (C=O) groups is 1. The van der Waals surface area contributed by atoms with Gasteiger partial charge in [-0.3, -0.25) is 10.3 Å². The largest absolute Gasteiger partial charge is 0.453 e. The van der Waals surface area contributed by atoms with Gasteiger partial charge in [0, 0.05) is 31.7 Å². The predicted molar refractivity (Wildman–Crippen MR) is 101 cm³/mol. The van der Waals surface area contributed by atoms with E-state index in [1.54, 1.807) is 18.4 Å². The number of amides is 1. The fourth-order valence-electron chi connectivity index (χ4n) is 2.24. The van der Waals surface area contributed by atoms with E-state index in [2.05, 4.69) is 30.7 Å². The van der Waals surface area contributed by atoms with Gasteiger partial charge in [0.05, 0.1) is 24.4 Å². The molecule has 0 aliphatic carbocycles. The number of ether oxygens (including phenoxy) is 1. The van der Waals surface area contributed by atoms with E-state index in [1.807, 2.05) is 43.1 Å². The van der Waals surface area contributed by atoms with Gasteiger partial charge in [-0.1, -0.05) is 12.1 Å². The van der Waals surface area contributed by atoms with Crippen LogP contribution in [0.1, 0.15) is 16.3 Å². The highest BCUT2D eigenvalue weighted by atomic mass is 32.1. The fourth-order valence-corrected chi connectivity index (χ4v) is 2.84. The third kappa shape index (κ3) is 5.75. The molecule has 25 heavy (non-hydrogen) atoms. The van der Waals surface area contributed by atoms with E-state index in [0.29, 0.717) is 18.8 Å². The standard InChI is InChI=1S/C17H23N5O2S/c1-12-20-15(11-25-12)10-22(3)16(18-2)19-9-13-5-7-14(8-6-13)21-17(23)24-4/h5-8,11H,9-10H2,1-4H3,(H,18,19)(H,21,23). The first-order valence-corrected chi connectivity index (χ1v) is 8.66. The average Bonchev–Trinajstić information content (AvgIpc) is 3.01. The molecule has 0 saturated carbocycles. The lowest BCUT2D eigenvalue weighted by atomic mass is 10.2. The number of anilines is 1. The fraction of sp³-hybridized carbons (Fsp3) is 0.353. The summed E-state index contributed by atoms with van der Waals surface area (Å²) in [4.78, 5) is 22.0. The van der Waals surface area contributed by atoms with Crippen molar-refractivity contribution < 1.29 is 9.53 Å². The zero-order valence-corrected chi connectivity index (χ0v) is 15.7. The normalized spacial score (nSPS) is 11.1. The number of nitrogens with zero attached hydrogens (tertiary/aromatic N) is 3. The highest BCUT2D eigenvalue weighted by Gasteiger charge is 2.08. The van der Waals surface area contributed by atoms with E-state index < -0.39 is 6.09 Å². The quantitative estimate of drug-likeness (QED) is 0.632. The van der Waals surface area contributed by atoms with Gasteiger partial charge in [-0.25, -0.2) is 9.78 Å². The Hall–Kier alpha value is -2.61. The Morgan fingerprint density at radius 1 is 1.36 bits per heavy atom. The first-order valence-electron chi connectivity index (χ1n) is 7.78. The lowest BCUT2D eigenvalue weighted by Gasteiger charge is -2.21. The van der Waals surface area contributed by atoms with Gasteiger partial charge in [-0.15, -0.1) is 11.3 Å². The summed E-state index contributed by atoms with van der Waals surface area (Å²) in [5.74, 6) is 0.794.